The van der Waals surface area contributed by atoms with E-state index in [2.05, 4.69) is 83.1 Å². The van der Waals surface area contributed by atoms with Crippen molar-refractivity contribution in [3.8, 4) is 0 Å². The van der Waals surface area contributed by atoms with Crippen LogP contribution in [0.25, 0.3) is 6.08 Å². The molecule has 0 aromatic heterocycles. The molecule has 1 atom stereocenters. The summed E-state index contributed by atoms with van der Waals surface area (Å²) in [5.74, 6) is -0.943. The van der Waals surface area contributed by atoms with Gasteiger partial charge in [0.25, 0.3) is 0 Å². The number of fused-ring (bicyclic) bond motifs is 1. The highest BCUT2D eigenvalue weighted by Crippen LogP contribution is 2.48. The summed E-state index contributed by atoms with van der Waals surface area (Å²) >= 11 is 0. The molecule has 0 saturated heterocycles. The number of aromatic carboxylic acids is 1. The summed E-state index contributed by atoms with van der Waals surface area (Å²) in [6.45, 7) is 9.35. The Morgan fingerprint density at radius 3 is 2.16 bits per heavy atom. The lowest BCUT2D eigenvalue weighted by Crippen LogP contribution is -2.35. The largest absolute Gasteiger partial charge is 0.478 e. The summed E-state index contributed by atoms with van der Waals surface area (Å²) in [6.07, 6.45) is 7.03. The Labute approximate surface area is 227 Å². The molecule has 200 valence electrons. The van der Waals surface area contributed by atoms with E-state index in [-0.39, 0.29) is 16.4 Å². The van der Waals surface area contributed by atoms with Crippen LogP contribution in [0, 0.1) is 0 Å². The maximum atomic E-state index is 11.2. The van der Waals surface area contributed by atoms with Crippen LogP contribution in [0.1, 0.15) is 90.4 Å². The Balaban J connectivity index is 1.67. The predicted octanol–water partition coefficient (Wildman–Crippen LogP) is 7.33. The minimum Gasteiger partial charge on any atom is -0.478 e. The van der Waals surface area contributed by atoms with Crippen molar-refractivity contribution in [1.82, 2.24) is 0 Å². The summed E-state index contributed by atoms with van der Waals surface area (Å²) in [5, 5.41) is 20.4. The summed E-state index contributed by atoms with van der Waals surface area (Å²) in [6, 6.07) is 19.9. The molecule has 0 radical (unpaired) electrons. The maximum Gasteiger partial charge on any atom is 0.335 e. The van der Waals surface area contributed by atoms with E-state index in [4.69, 9.17) is 5.11 Å². The summed E-state index contributed by atoms with van der Waals surface area (Å²) in [7, 11) is 4.11. The molecule has 2 N–H and O–H groups in total. The van der Waals surface area contributed by atoms with Crippen LogP contribution in [0.15, 0.2) is 66.7 Å². The van der Waals surface area contributed by atoms with Gasteiger partial charge in [0.1, 0.15) is 0 Å². The number of aliphatic hydroxyl groups is 1. The second-order valence-corrected chi connectivity index (χ2v) is 12.2. The molecular formula is C34H41NO3. The van der Waals surface area contributed by atoms with E-state index in [0.29, 0.717) is 0 Å². The molecule has 3 aromatic rings. The van der Waals surface area contributed by atoms with Crippen LogP contribution in [-0.4, -0.2) is 30.3 Å². The normalized spacial score (nSPS) is 16.7. The molecule has 4 rings (SSSR count). The number of anilines is 1. The zero-order chi connectivity index (χ0) is 27.7. The molecule has 4 heteroatoms. The van der Waals surface area contributed by atoms with E-state index in [1.165, 1.54) is 27.9 Å². The van der Waals surface area contributed by atoms with Crippen LogP contribution in [0.4, 0.5) is 5.69 Å². The first-order valence-corrected chi connectivity index (χ1v) is 13.5. The highest BCUT2D eigenvalue weighted by atomic mass is 16.4. The Morgan fingerprint density at radius 2 is 1.55 bits per heavy atom. The van der Waals surface area contributed by atoms with Crippen LogP contribution in [-0.2, 0) is 23.7 Å². The minimum atomic E-state index is -0.943. The zero-order valence-electron chi connectivity index (χ0n) is 23.6. The molecule has 1 unspecified atom stereocenters. The summed E-state index contributed by atoms with van der Waals surface area (Å²) in [4.78, 5) is 13.3. The molecule has 0 amide bonds. The monoisotopic (exact) mass is 511 g/mol. The summed E-state index contributed by atoms with van der Waals surface area (Å²) < 4.78 is 0. The van der Waals surface area contributed by atoms with Gasteiger partial charge in [0.2, 0.25) is 0 Å². The molecule has 1 aliphatic rings. The van der Waals surface area contributed by atoms with Crippen LogP contribution in [0.3, 0.4) is 0 Å². The van der Waals surface area contributed by atoms with Crippen LogP contribution in [0.5, 0.6) is 0 Å². The number of rotatable bonds is 8. The Morgan fingerprint density at radius 1 is 0.921 bits per heavy atom. The highest BCUT2D eigenvalue weighted by molar-refractivity contribution is 5.87. The van der Waals surface area contributed by atoms with Gasteiger partial charge in [-0.05, 0) is 94.2 Å². The van der Waals surface area contributed by atoms with E-state index < -0.39 is 12.1 Å². The lowest BCUT2D eigenvalue weighted by Gasteiger charge is -2.43. The topological polar surface area (TPSA) is 60.8 Å². The van der Waals surface area contributed by atoms with Gasteiger partial charge in [-0.25, -0.2) is 4.79 Å². The number of benzene rings is 3. The number of nitrogens with zero attached hydrogens (tertiary/aromatic N) is 1. The Hall–Kier alpha value is -3.37. The first-order valence-electron chi connectivity index (χ1n) is 13.5. The SMILES string of the molecule is CN(C)c1ccc(CCc2cc(C(O)/C=C/c3ccc(C(=O)O)cc3)cc3c2C(C)(C)CCC3(C)C)cc1. The second kappa shape index (κ2) is 10.8. The Kier molecular flexibility index (Phi) is 7.85. The number of hydrogen-bond acceptors (Lipinski definition) is 3. The summed E-state index contributed by atoms with van der Waals surface area (Å²) in [5.41, 5.74) is 8.77. The minimum absolute atomic E-state index is 0.0407. The van der Waals surface area contributed by atoms with Gasteiger partial charge in [-0.2, -0.15) is 0 Å². The van der Waals surface area contributed by atoms with Crippen molar-refractivity contribution in [2.75, 3.05) is 19.0 Å². The van der Waals surface area contributed by atoms with Crippen molar-refractivity contribution >= 4 is 17.7 Å². The molecule has 0 saturated carbocycles. The van der Waals surface area contributed by atoms with Gasteiger partial charge in [-0.15, -0.1) is 0 Å². The molecule has 0 aliphatic heterocycles. The van der Waals surface area contributed by atoms with Gasteiger partial charge < -0.3 is 15.1 Å². The molecule has 38 heavy (non-hydrogen) atoms. The third-order valence-corrected chi connectivity index (χ3v) is 8.13. The fourth-order valence-electron chi connectivity index (χ4n) is 5.60. The lowest BCUT2D eigenvalue weighted by molar-refractivity contribution is 0.0697. The predicted molar refractivity (Wildman–Crippen MR) is 157 cm³/mol. The van der Waals surface area contributed by atoms with Gasteiger partial charge >= 0.3 is 5.97 Å². The smallest absolute Gasteiger partial charge is 0.335 e. The van der Waals surface area contributed by atoms with Crippen molar-refractivity contribution in [3.63, 3.8) is 0 Å². The third kappa shape index (κ3) is 6.02. The number of hydrogen-bond donors (Lipinski definition) is 2. The quantitative estimate of drug-likeness (QED) is 0.332. The maximum absolute atomic E-state index is 11.2. The average Bonchev–Trinajstić information content (AvgIpc) is 2.88. The molecular weight excluding hydrogens is 470 g/mol. The first kappa shape index (κ1) is 27.7. The highest BCUT2D eigenvalue weighted by Gasteiger charge is 2.39. The van der Waals surface area contributed by atoms with Crippen LogP contribution < -0.4 is 4.90 Å². The van der Waals surface area contributed by atoms with E-state index in [9.17, 15) is 9.90 Å². The van der Waals surface area contributed by atoms with Gasteiger partial charge in [-0.3, -0.25) is 0 Å². The van der Waals surface area contributed by atoms with E-state index >= 15 is 0 Å². The van der Waals surface area contributed by atoms with Crippen molar-refractivity contribution in [2.24, 2.45) is 0 Å². The van der Waals surface area contributed by atoms with E-state index in [1.54, 1.807) is 30.3 Å². The van der Waals surface area contributed by atoms with Crippen LogP contribution in [0.2, 0.25) is 0 Å². The molecule has 0 fully saturated rings. The number of aryl methyl sites for hydroxylation is 2. The number of carbonyl (C=O) groups is 1. The lowest BCUT2D eigenvalue weighted by atomic mass is 9.61. The number of carboxylic acid groups (broad SMARTS) is 1. The number of aliphatic hydroxyl groups excluding tert-OH is 1. The van der Waals surface area contributed by atoms with Gasteiger partial charge in [-0.1, -0.05) is 76.2 Å². The Bertz CT molecular complexity index is 1320. The molecule has 3 aromatic carbocycles. The molecule has 4 nitrogen and oxygen atoms in total. The van der Waals surface area contributed by atoms with Crippen molar-refractivity contribution < 1.29 is 15.0 Å². The van der Waals surface area contributed by atoms with E-state index in [1.807, 2.05) is 6.08 Å². The van der Waals surface area contributed by atoms with Crippen LogP contribution >= 0.6 is 0 Å². The van der Waals surface area contributed by atoms with Gasteiger partial charge in [0.05, 0.1) is 11.7 Å². The third-order valence-electron chi connectivity index (χ3n) is 8.13. The molecule has 0 bridgehead atoms. The van der Waals surface area contributed by atoms with E-state index in [0.717, 1.165) is 36.8 Å². The molecule has 0 heterocycles. The molecule has 1 aliphatic carbocycles. The van der Waals surface area contributed by atoms with Crippen molar-refractivity contribution in [1.29, 1.82) is 0 Å². The first-order chi connectivity index (χ1) is 17.9. The fraction of sp³-hybridized carbons (Fsp3) is 0.382. The number of carboxylic acids is 1. The average molecular weight is 512 g/mol. The standard InChI is InChI=1S/C34H41NO3/c1-33(2)19-20-34(3,4)31-26(15-9-24-10-16-28(17-11-24)35(5)6)21-27(22-29(31)33)30(36)18-12-23-7-13-25(14-8-23)32(37)38/h7-8,10-14,16-18,21-22,30,36H,9,15,19-20H2,1-6H3,(H,37,38)/b18-12+. The zero-order valence-corrected chi connectivity index (χ0v) is 23.6. The molecule has 0 spiro atoms. The fourth-order valence-corrected chi connectivity index (χ4v) is 5.60. The van der Waals surface area contributed by atoms with Crippen molar-refractivity contribution in [2.45, 2.75) is 70.3 Å². The van der Waals surface area contributed by atoms with Crippen molar-refractivity contribution in [3.05, 3.63) is 106 Å². The second-order valence-electron chi connectivity index (χ2n) is 12.2. The van der Waals surface area contributed by atoms with Gasteiger partial charge in [0, 0.05) is 19.8 Å². The van der Waals surface area contributed by atoms with Gasteiger partial charge in [0.15, 0.2) is 0 Å².